The number of halogens is 3. The van der Waals surface area contributed by atoms with Gasteiger partial charge in [0.05, 0.1) is 5.56 Å². The fourth-order valence-corrected chi connectivity index (χ4v) is 2.80. The van der Waals surface area contributed by atoms with Gasteiger partial charge in [0.1, 0.15) is 0 Å². The summed E-state index contributed by atoms with van der Waals surface area (Å²) in [5, 5.41) is 3.24. The molecule has 2 atom stereocenters. The molecule has 1 aromatic rings. The molecule has 1 saturated heterocycles. The van der Waals surface area contributed by atoms with Crippen LogP contribution in [-0.2, 0) is 11.6 Å². The Hall–Kier alpha value is -1.03. The summed E-state index contributed by atoms with van der Waals surface area (Å²) < 4.78 is 37.7. The minimum Gasteiger partial charge on any atom is -0.316 e. The standard InChI is InChI=1S/C12H12F3N/c13-12(14,15)9-3-1-2-8(4-9)11-5-10(11)6-16-7-11/h1-4,10,16H,5-7H2/t10-,11-/m0/s1. The third-order valence-corrected chi connectivity index (χ3v) is 3.83. The van der Waals surface area contributed by atoms with E-state index >= 15 is 0 Å². The number of alkyl halides is 3. The Balaban J connectivity index is 1.98. The van der Waals surface area contributed by atoms with E-state index in [0.717, 1.165) is 31.1 Å². The van der Waals surface area contributed by atoms with Gasteiger partial charge in [0.2, 0.25) is 0 Å². The quantitative estimate of drug-likeness (QED) is 0.777. The largest absolute Gasteiger partial charge is 0.416 e. The first kappa shape index (κ1) is 10.1. The number of rotatable bonds is 1. The second-order valence-electron chi connectivity index (χ2n) is 4.77. The second-order valence-corrected chi connectivity index (χ2v) is 4.77. The van der Waals surface area contributed by atoms with Crippen molar-refractivity contribution in [2.75, 3.05) is 13.1 Å². The molecular weight excluding hydrogens is 215 g/mol. The van der Waals surface area contributed by atoms with Gasteiger partial charge < -0.3 is 5.32 Å². The van der Waals surface area contributed by atoms with Crippen molar-refractivity contribution in [3.8, 4) is 0 Å². The van der Waals surface area contributed by atoms with Crippen LogP contribution in [0.1, 0.15) is 17.5 Å². The van der Waals surface area contributed by atoms with E-state index in [-0.39, 0.29) is 5.41 Å². The van der Waals surface area contributed by atoms with Gasteiger partial charge >= 0.3 is 6.18 Å². The van der Waals surface area contributed by atoms with Gasteiger partial charge in [-0.3, -0.25) is 0 Å². The smallest absolute Gasteiger partial charge is 0.316 e. The molecule has 86 valence electrons. The Kier molecular flexibility index (Phi) is 1.90. The molecule has 1 aromatic carbocycles. The van der Waals surface area contributed by atoms with Gasteiger partial charge in [0, 0.05) is 12.0 Å². The average molecular weight is 227 g/mol. The van der Waals surface area contributed by atoms with E-state index in [0.29, 0.717) is 5.92 Å². The zero-order valence-corrected chi connectivity index (χ0v) is 8.64. The topological polar surface area (TPSA) is 12.0 Å². The van der Waals surface area contributed by atoms with Crippen LogP contribution in [0.4, 0.5) is 13.2 Å². The molecule has 0 spiro atoms. The van der Waals surface area contributed by atoms with E-state index in [1.807, 2.05) is 6.07 Å². The lowest BCUT2D eigenvalue weighted by atomic mass is 9.93. The van der Waals surface area contributed by atoms with Crippen LogP contribution in [0, 0.1) is 5.92 Å². The predicted octanol–water partition coefficient (Wildman–Crippen LogP) is 2.57. The number of benzene rings is 1. The summed E-state index contributed by atoms with van der Waals surface area (Å²) in [4.78, 5) is 0. The Bertz CT molecular complexity index is 427. The first-order valence-electron chi connectivity index (χ1n) is 5.41. The van der Waals surface area contributed by atoms with Crippen LogP contribution < -0.4 is 5.32 Å². The molecular formula is C12H12F3N. The molecule has 2 fully saturated rings. The Morgan fingerprint density at radius 3 is 2.69 bits per heavy atom. The second kappa shape index (κ2) is 3.00. The first-order valence-corrected chi connectivity index (χ1v) is 5.41. The van der Waals surface area contributed by atoms with E-state index in [4.69, 9.17) is 0 Å². The van der Waals surface area contributed by atoms with Crippen LogP contribution in [0.5, 0.6) is 0 Å². The van der Waals surface area contributed by atoms with Crippen molar-refractivity contribution in [2.24, 2.45) is 5.92 Å². The zero-order valence-electron chi connectivity index (χ0n) is 8.64. The van der Waals surface area contributed by atoms with Gasteiger partial charge in [-0.2, -0.15) is 13.2 Å². The minimum absolute atomic E-state index is 0.00125. The lowest BCUT2D eigenvalue weighted by molar-refractivity contribution is -0.137. The highest BCUT2D eigenvalue weighted by atomic mass is 19.4. The molecule has 3 rings (SSSR count). The molecule has 1 aliphatic carbocycles. The maximum Gasteiger partial charge on any atom is 0.416 e. The summed E-state index contributed by atoms with van der Waals surface area (Å²) in [6, 6.07) is 5.79. The van der Waals surface area contributed by atoms with Crippen LogP contribution in [-0.4, -0.2) is 13.1 Å². The third-order valence-electron chi connectivity index (χ3n) is 3.83. The summed E-state index contributed by atoms with van der Waals surface area (Å²) in [5.74, 6) is 0.538. The number of hydrogen-bond acceptors (Lipinski definition) is 1. The van der Waals surface area contributed by atoms with Crippen LogP contribution in [0.3, 0.4) is 0 Å². The van der Waals surface area contributed by atoms with Gasteiger partial charge in [-0.25, -0.2) is 0 Å². The molecule has 0 aromatic heterocycles. The minimum atomic E-state index is -4.23. The average Bonchev–Trinajstić information content (AvgIpc) is 2.81. The molecule has 1 aliphatic heterocycles. The molecule has 1 N–H and O–H groups in total. The fourth-order valence-electron chi connectivity index (χ4n) is 2.80. The highest BCUT2D eigenvalue weighted by molar-refractivity contribution is 5.39. The van der Waals surface area contributed by atoms with E-state index in [1.165, 1.54) is 12.1 Å². The van der Waals surface area contributed by atoms with Gasteiger partial charge in [0.25, 0.3) is 0 Å². The Labute approximate surface area is 91.7 Å². The summed E-state index contributed by atoms with van der Waals surface area (Å²) in [6.45, 7) is 1.76. The van der Waals surface area contributed by atoms with Crippen molar-refractivity contribution in [3.63, 3.8) is 0 Å². The molecule has 0 unspecified atom stereocenters. The fraction of sp³-hybridized carbons (Fsp3) is 0.500. The van der Waals surface area contributed by atoms with Crippen LogP contribution >= 0.6 is 0 Å². The molecule has 4 heteroatoms. The summed E-state index contributed by atoms with van der Waals surface area (Å²) >= 11 is 0. The van der Waals surface area contributed by atoms with Gasteiger partial charge in [0.15, 0.2) is 0 Å². The molecule has 0 bridgehead atoms. The first-order chi connectivity index (χ1) is 7.52. The lowest BCUT2D eigenvalue weighted by Crippen LogP contribution is -2.19. The van der Waals surface area contributed by atoms with Crippen LogP contribution in [0.15, 0.2) is 24.3 Å². The molecule has 2 aliphatic rings. The molecule has 16 heavy (non-hydrogen) atoms. The van der Waals surface area contributed by atoms with Gasteiger partial charge in [-0.05, 0) is 30.5 Å². The number of fused-ring (bicyclic) bond motifs is 1. The Morgan fingerprint density at radius 2 is 2.12 bits per heavy atom. The van der Waals surface area contributed by atoms with Crippen molar-refractivity contribution >= 4 is 0 Å². The molecule has 1 nitrogen and oxygen atoms in total. The van der Waals surface area contributed by atoms with Crippen molar-refractivity contribution < 1.29 is 13.2 Å². The monoisotopic (exact) mass is 227 g/mol. The van der Waals surface area contributed by atoms with Crippen molar-refractivity contribution in [3.05, 3.63) is 35.4 Å². The lowest BCUT2D eigenvalue weighted by Gasteiger charge is -2.14. The normalized spacial score (nSPS) is 32.6. The summed E-state index contributed by atoms with van der Waals surface area (Å²) in [7, 11) is 0. The van der Waals surface area contributed by atoms with Crippen LogP contribution in [0.2, 0.25) is 0 Å². The van der Waals surface area contributed by atoms with E-state index < -0.39 is 11.7 Å². The van der Waals surface area contributed by atoms with Crippen molar-refractivity contribution in [1.82, 2.24) is 5.32 Å². The number of piperidine rings is 1. The molecule has 1 saturated carbocycles. The summed E-state index contributed by atoms with van der Waals surface area (Å²) in [5.41, 5.74) is 0.315. The van der Waals surface area contributed by atoms with Gasteiger partial charge in [-0.15, -0.1) is 0 Å². The maximum atomic E-state index is 12.6. The predicted molar refractivity (Wildman–Crippen MR) is 54.1 cm³/mol. The highest BCUT2D eigenvalue weighted by Crippen LogP contribution is 2.56. The van der Waals surface area contributed by atoms with E-state index in [9.17, 15) is 13.2 Å². The van der Waals surface area contributed by atoms with Gasteiger partial charge in [-0.1, -0.05) is 18.2 Å². The highest BCUT2D eigenvalue weighted by Gasteiger charge is 2.58. The SMILES string of the molecule is FC(F)(F)c1cccc([C@]23CNC[C@@H]2C3)c1. The number of hydrogen-bond donors (Lipinski definition) is 1. The molecule has 0 radical (unpaired) electrons. The zero-order chi connectivity index (χ0) is 11.4. The maximum absolute atomic E-state index is 12.6. The van der Waals surface area contributed by atoms with E-state index in [1.54, 1.807) is 0 Å². The Morgan fingerprint density at radius 1 is 1.31 bits per heavy atom. The number of nitrogens with one attached hydrogen (secondary N) is 1. The summed E-state index contributed by atoms with van der Waals surface area (Å²) in [6.07, 6.45) is -3.20. The third kappa shape index (κ3) is 1.36. The molecule has 0 amide bonds. The van der Waals surface area contributed by atoms with E-state index in [2.05, 4.69) is 5.32 Å². The van der Waals surface area contributed by atoms with Crippen molar-refractivity contribution in [1.29, 1.82) is 0 Å². The molecule has 1 heterocycles. The van der Waals surface area contributed by atoms with Crippen molar-refractivity contribution in [2.45, 2.75) is 18.0 Å². The van der Waals surface area contributed by atoms with Crippen LogP contribution in [0.25, 0.3) is 0 Å².